The molecule has 4 nitrogen and oxygen atoms in total. The van der Waals surface area contributed by atoms with Crippen LogP contribution in [0.3, 0.4) is 0 Å². The van der Waals surface area contributed by atoms with Crippen LogP contribution in [-0.2, 0) is 9.59 Å². The van der Waals surface area contributed by atoms with Gasteiger partial charge in [-0.1, -0.05) is 70.4 Å². The van der Waals surface area contributed by atoms with Gasteiger partial charge >= 0.3 is 11.9 Å². The molecule has 0 heterocycles. The second-order valence-electron chi connectivity index (χ2n) is 8.23. The molecule has 0 amide bonds. The van der Waals surface area contributed by atoms with E-state index in [-0.39, 0.29) is 12.3 Å². The Kier molecular flexibility index (Phi) is 10.6. The fourth-order valence-electron chi connectivity index (χ4n) is 4.13. The number of carboxylic acid groups (broad SMARTS) is 2. The van der Waals surface area contributed by atoms with Crippen molar-refractivity contribution in [3.05, 3.63) is 12.2 Å². The van der Waals surface area contributed by atoms with Gasteiger partial charge in [0.05, 0.1) is 5.41 Å². The SMILES string of the molecule is CCCCCCC1C=CC(CCCCCCCC(=O)O)CC1(C)C(=O)O. The second-order valence-corrected chi connectivity index (χ2v) is 8.23. The van der Waals surface area contributed by atoms with Gasteiger partial charge in [-0.05, 0) is 44.4 Å². The normalized spacial score (nSPS) is 25.3. The monoisotopic (exact) mass is 366 g/mol. The second kappa shape index (κ2) is 12.1. The van der Waals surface area contributed by atoms with Gasteiger partial charge in [-0.3, -0.25) is 9.59 Å². The molecular formula is C22H38O4. The van der Waals surface area contributed by atoms with Crippen LogP contribution in [0, 0.1) is 17.3 Å². The summed E-state index contributed by atoms with van der Waals surface area (Å²) in [7, 11) is 0. The third-order valence-corrected chi connectivity index (χ3v) is 5.94. The molecule has 0 saturated carbocycles. The number of carbonyl (C=O) groups is 2. The Bertz CT molecular complexity index is 457. The lowest BCUT2D eigenvalue weighted by Crippen LogP contribution is -2.39. The van der Waals surface area contributed by atoms with E-state index in [0.717, 1.165) is 57.8 Å². The minimum atomic E-state index is -0.713. The maximum atomic E-state index is 11.9. The van der Waals surface area contributed by atoms with Crippen LogP contribution in [0.15, 0.2) is 12.2 Å². The van der Waals surface area contributed by atoms with Gasteiger partial charge in [0.15, 0.2) is 0 Å². The van der Waals surface area contributed by atoms with Crippen molar-refractivity contribution in [3.63, 3.8) is 0 Å². The first-order valence-electron chi connectivity index (χ1n) is 10.5. The van der Waals surface area contributed by atoms with E-state index in [0.29, 0.717) is 5.92 Å². The highest BCUT2D eigenvalue weighted by atomic mass is 16.4. The van der Waals surface area contributed by atoms with Crippen LogP contribution in [0.5, 0.6) is 0 Å². The highest BCUT2D eigenvalue weighted by Crippen LogP contribution is 2.44. The van der Waals surface area contributed by atoms with Crippen molar-refractivity contribution in [2.24, 2.45) is 17.3 Å². The molecule has 0 bridgehead atoms. The highest BCUT2D eigenvalue weighted by Gasteiger charge is 2.43. The molecule has 3 unspecified atom stereocenters. The lowest BCUT2D eigenvalue weighted by Gasteiger charge is -2.38. The molecule has 4 heteroatoms. The maximum absolute atomic E-state index is 11.9. The van der Waals surface area contributed by atoms with Gasteiger partial charge in [0.1, 0.15) is 0 Å². The van der Waals surface area contributed by atoms with Gasteiger partial charge in [0.2, 0.25) is 0 Å². The topological polar surface area (TPSA) is 74.6 Å². The van der Waals surface area contributed by atoms with E-state index in [1.165, 1.54) is 19.3 Å². The molecule has 2 N–H and O–H groups in total. The Hall–Kier alpha value is -1.32. The standard InChI is InChI=1S/C22H38O4/c1-3-4-5-10-13-19-16-15-18(17-22(19,2)21(25)26)12-9-7-6-8-11-14-20(23)24/h15-16,18-19H,3-14,17H2,1-2H3,(H,23,24)(H,25,26). The number of unbranched alkanes of at least 4 members (excludes halogenated alkanes) is 7. The quantitative estimate of drug-likeness (QED) is 0.290. The van der Waals surface area contributed by atoms with Gasteiger partial charge in [0.25, 0.3) is 0 Å². The van der Waals surface area contributed by atoms with Crippen LogP contribution in [0.2, 0.25) is 0 Å². The van der Waals surface area contributed by atoms with Crippen molar-refractivity contribution in [2.75, 3.05) is 0 Å². The lowest BCUT2D eigenvalue weighted by atomic mass is 9.65. The van der Waals surface area contributed by atoms with Crippen LogP contribution in [-0.4, -0.2) is 22.2 Å². The summed E-state index contributed by atoms with van der Waals surface area (Å²) >= 11 is 0. The third-order valence-electron chi connectivity index (χ3n) is 5.94. The third kappa shape index (κ3) is 7.92. The zero-order chi connectivity index (χ0) is 19.4. The van der Waals surface area contributed by atoms with E-state index in [1.807, 2.05) is 6.92 Å². The molecule has 26 heavy (non-hydrogen) atoms. The van der Waals surface area contributed by atoms with E-state index < -0.39 is 17.4 Å². The van der Waals surface area contributed by atoms with Gasteiger partial charge in [-0.15, -0.1) is 0 Å². The van der Waals surface area contributed by atoms with Crippen molar-refractivity contribution in [1.29, 1.82) is 0 Å². The molecular weight excluding hydrogens is 328 g/mol. The minimum Gasteiger partial charge on any atom is -0.481 e. The highest BCUT2D eigenvalue weighted by molar-refractivity contribution is 5.75. The van der Waals surface area contributed by atoms with Crippen LogP contribution in [0.1, 0.15) is 97.3 Å². The van der Waals surface area contributed by atoms with Crippen molar-refractivity contribution < 1.29 is 19.8 Å². The number of hydrogen-bond acceptors (Lipinski definition) is 2. The minimum absolute atomic E-state index is 0.157. The molecule has 0 radical (unpaired) electrons. The summed E-state index contributed by atoms with van der Waals surface area (Å²) in [6, 6.07) is 0. The first kappa shape index (κ1) is 22.7. The number of carboxylic acids is 2. The summed E-state index contributed by atoms with van der Waals surface area (Å²) in [6.07, 6.45) is 17.2. The van der Waals surface area contributed by atoms with Crippen molar-refractivity contribution in [1.82, 2.24) is 0 Å². The molecule has 3 atom stereocenters. The number of rotatable bonds is 14. The average molecular weight is 367 g/mol. The Labute approximate surface area is 159 Å². The molecule has 0 saturated heterocycles. The molecule has 150 valence electrons. The smallest absolute Gasteiger partial charge is 0.309 e. The van der Waals surface area contributed by atoms with Gasteiger partial charge in [-0.25, -0.2) is 0 Å². The van der Waals surface area contributed by atoms with Gasteiger partial charge in [0, 0.05) is 6.42 Å². The molecule has 0 aromatic carbocycles. The maximum Gasteiger partial charge on any atom is 0.309 e. The summed E-state index contributed by atoms with van der Waals surface area (Å²) in [5.41, 5.74) is -0.632. The number of allylic oxidation sites excluding steroid dienone is 2. The van der Waals surface area contributed by atoms with Gasteiger partial charge in [-0.2, -0.15) is 0 Å². The van der Waals surface area contributed by atoms with Crippen molar-refractivity contribution >= 4 is 11.9 Å². The predicted molar refractivity (Wildman–Crippen MR) is 105 cm³/mol. The summed E-state index contributed by atoms with van der Waals surface area (Å²) in [5, 5.41) is 18.4. The van der Waals surface area contributed by atoms with E-state index in [2.05, 4.69) is 19.1 Å². The largest absolute Gasteiger partial charge is 0.481 e. The molecule has 0 fully saturated rings. The average Bonchev–Trinajstić information content (AvgIpc) is 2.59. The van der Waals surface area contributed by atoms with Crippen molar-refractivity contribution in [2.45, 2.75) is 97.3 Å². The Morgan fingerprint density at radius 1 is 0.923 bits per heavy atom. The number of aliphatic carboxylic acids is 2. The Morgan fingerprint density at radius 2 is 1.54 bits per heavy atom. The predicted octanol–water partition coefficient (Wildman–Crippen LogP) is 6.06. The van der Waals surface area contributed by atoms with E-state index in [1.54, 1.807) is 0 Å². The molecule has 0 spiro atoms. The zero-order valence-electron chi connectivity index (χ0n) is 16.7. The molecule has 0 aliphatic heterocycles. The van der Waals surface area contributed by atoms with Crippen LogP contribution < -0.4 is 0 Å². The van der Waals surface area contributed by atoms with Crippen LogP contribution >= 0.6 is 0 Å². The number of hydrogen-bond donors (Lipinski definition) is 2. The Balaban J connectivity index is 2.38. The summed E-state index contributed by atoms with van der Waals surface area (Å²) < 4.78 is 0. The molecule has 0 aromatic rings. The van der Waals surface area contributed by atoms with Crippen molar-refractivity contribution in [3.8, 4) is 0 Å². The molecule has 1 rings (SSSR count). The van der Waals surface area contributed by atoms with Gasteiger partial charge < -0.3 is 10.2 Å². The summed E-state index contributed by atoms with van der Waals surface area (Å²) in [4.78, 5) is 22.4. The summed E-state index contributed by atoms with van der Waals surface area (Å²) in [5.74, 6) is -0.846. The molecule has 1 aliphatic carbocycles. The first-order valence-corrected chi connectivity index (χ1v) is 10.5. The molecule has 0 aromatic heterocycles. The lowest BCUT2D eigenvalue weighted by molar-refractivity contribution is -0.152. The first-order chi connectivity index (χ1) is 12.4. The van der Waals surface area contributed by atoms with Crippen LogP contribution in [0.25, 0.3) is 0 Å². The zero-order valence-corrected chi connectivity index (χ0v) is 16.7. The van der Waals surface area contributed by atoms with E-state index >= 15 is 0 Å². The summed E-state index contributed by atoms with van der Waals surface area (Å²) in [6.45, 7) is 4.13. The van der Waals surface area contributed by atoms with Crippen LogP contribution in [0.4, 0.5) is 0 Å². The fraction of sp³-hybridized carbons (Fsp3) is 0.818. The van der Waals surface area contributed by atoms with E-state index in [4.69, 9.17) is 5.11 Å². The molecule has 1 aliphatic rings. The fourth-order valence-corrected chi connectivity index (χ4v) is 4.13. The van der Waals surface area contributed by atoms with E-state index in [9.17, 15) is 14.7 Å². The Morgan fingerprint density at radius 3 is 2.19 bits per heavy atom.